The van der Waals surface area contributed by atoms with Gasteiger partial charge in [-0.25, -0.2) is 8.42 Å². The van der Waals surface area contributed by atoms with Crippen LogP contribution in [0.4, 0.5) is 10.8 Å². The average molecular weight is 332 g/mol. The zero-order valence-electron chi connectivity index (χ0n) is 13.2. The Kier molecular flexibility index (Phi) is 4.54. The molecule has 0 bridgehead atoms. The Morgan fingerprint density at radius 2 is 1.90 bits per heavy atom. The van der Waals surface area contributed by atoms with Gasteiger partial charge in [0.2, 0.25) is 0 Å². The van der Waals surface area contributed by atoms with Crippen LogP contribution in [0, 0.1) is 11.3 Å². The lowest BCUT2D eigenvalue weighted by molar-refractivity contribution is 0.199. The molecule has 0 spiro atoms. The van der Waals surface area contributed by atoms with Crippen LogP contribution < -0.4 is 10.6 Å². The highest BCUT2D eigenvalue weighted by Crippen LogP contribution is 2.40. The molecule has 120 valence electrons. The molecule has 1 aliphatic rings. The minimum atomic E-state index is -3.33. The van der Waals surface area contributed by atoms with Crippen molar-refractivity contribution in [2.75, 3.05) is 29.5 Å². The number of nitrogens with two attached hydrogens (primary N) is 1. The highest BCUT2D eigenvalue weighted by Gasteiger charge is 2.32. The molecule has 1 aliphatic heterocycles. The second-order valence-electron chi connectivity index (χ2n) is 6.73. The number of hydrogen-bond donors (Lipinski definition) is 1. The molecule has 1 aromatic rings. The predicted molar refractivity (Wildman–Crippen MR) is 88.6 cm³/mol. The van der Waals surface area contributed by atoms with Gasteiger partial charge < -0.3 is 10.6 Å². The van der Waals surface area contributed by atoms with Crippen molar-refractivity contribution >= 4 is 32.2 Å². The third-order valence-electron chi connectivity index (χ3n) is 4.36. The predicted octanol–water partition coefficient (Wildman–Crippen LogP) is 2.78. The van der Waals surface area contributed by atoms with Gasteiger partial charge in [-0.15, -0.1) is 0 Å². The summed E-state index contributed by atoms with van der Waals surface area (Å²) in [6, 6.07) is 0. The average Bonchev–Trinajstić information content (AvgIpc) is 2.80. The van der Waals surface area contributed by atoms with Gasteiger partial charge in [-0.05, 0) is 35.7 Å². The molecule has 21 heavy (non-hydrogen) atoms. The number of piperidine rings is 1. The van der Waals surface area contributed by atoms with Gasteiger partial charge in [-0.3, -0.25) is 0 Å². The number of nitrogens with zero attached hydrogens (tertiary/aromatic N) is 2. The van der Waals surface area contributed by atoms with E-state index in [0.29, 0.717) is 11.3 Å². The molecule has 0 aliphatic carbocycles. The van der Waals surface area contributed by atoms with E-state index >= 15 is 0 Å². The molecule has 2 N–H and O–H groups in total. The minimum absolute atomic E-state index is 0.0566. The van der Waals surface area contributed by atoms with Gasteiger partial charge in [0.15, 0.2) is 15.7 Å². The molecule has 0 unspecified atom stereocenters. The van der Waals surface area contributed by atoms with E-state index in [1.165, 1.54) is 11.5 Å². The Balaban J connectivity index is 2.23. The highest BCUT2D eigenvalue weighted by molar-refractivity contribution is 7.91. The maximum atomic E-state index is 12.2. The van der Waals surface area contributed by atoms with Crippen LogP contribution in [-0.4, -0.2) is 31.6 Å². The fourth-order valence-corrected chi connectivity index (χ4v) is 5.23. The maximum absolute atomic E-state index is 12.2. The third kappa shape index (κ3) is 3.34. The zero-order chi connectivity index (χ0) is 15.8. The largest absolute Gasteiger partial charge is 0.382 e. The van der Waals surface area contributed by atoms with Crippen molar-refractivity contribution in [3.05, 3.63) is 0 Å². The number of hydrogen-bond acceptors (Lipinski definition) is 6. The molecule has 5 nitrogen and oxygen atoms in total. The first kappa shape index (κ1) is 16.5. The smallest absolute Gasteiger partial charge is 0.184 e. The lowest BCUT2D eigenvalue weighted by atomic mass is 9.75. The van der Waals surface area contributed by atoms with Gasteiger partial charge in [-0.2, -0.15) is 4.37 Å². The highest BCUT2D eigenvalue weighted by atomic mass is 32.2. The van der Waals surface area contributed by atoms with Crippen molar-refractivity contribution in [1.29, 1.82) is 0 Å². The van der Waals surface area contributed by atoms with Crippen LogP contribution in [-0.2, 0) is 9.84 Å². The Morgan fingerprint density at radius 3 is 2.38 bits per heavy atom. The molecule has 1 saturated heterocycles. The molecular formula is C14H25N3O2S2. The summed E-state index contributed by atoms with van der Waals surface area (Å²) >= 11 is 1.21. The second-order valence-corrected chi connectivity index (χ2v) is 9.70. The number of rotatable bonds is 3. The van der Waals surface area contributed by atoms with Crippen LogP contribution in [0.15, 0.2) is 4.90 Å². The minimum Gasteiger partial charge on any atom is -0.382 e. The number of aromatic nitrogens is 1. The van der Waals surface area contributed by atoms with Crippen LogP contribution in [0.5, 0.6) is 0 Å². The number of nitrogen functional groups attached to an aromatic ring is 1. The topological polar surface area (TPSA) is 76.3 Å². The van der Waals surface area contributed by atoms with E-state index in [0.717, 1.165) is 30.9 Å². The lowest BCUT2D eigenvalue weighted by Crippen LogP contribution is -2.38. The van der Waals surface area contributed by atoms with Gasteiger partial charge in [-0.1, -0.05) is 27.7 Å². The number of sulfone groups is 1. The molecule has 0 radical (unpaired) electrons. The fraction of sp³-hybridized carbons (Fsp3) is 0.786. The Labute approximate surface area is 131 Å². The van der Waals surface area contributed by atoms with Crippen molar-refractivity contribution in [3.8, 4) is 0 Å². The lowest BCUT2D eigenvalue weighted by Gasteiger charge is -2.39. The fourth-order valence-electron chi connectivity index (χ4n) is 2.87. The van der Waals surface area contributed by atoms with Crippen LogP contribution in [0.1, 0.15) is 40.5 Å². The molecular weight excluding hydrogens is 306 g/mol. The van der Waals surface area contributed by atoms with Crippen molar-refractivity contribution in [2.24, 2.45) is 11.3 Å². The SMILES string of the molecule is CCS(=O)(=O)c1c(N)nsc1N1CCC(C(C)(C)C)CC1. The summed E-state index contributed by atoms with van der Waals surface area (Å²) in [5.74, 6) is 0.876. The van der Waals surface area contributed by atoms with Crippen molar-refractivity contribution in [1.82, 2.24) is 4.37 Å². The molecule has 7 heteroatoms. The van der Waals surface area contributed by atoms with Crippen LogP contribution >= 0.6 is 11.5 Å². The monoisotopic (exact) mass is 331 g/mol. The summed E-state index contributed by atoms with van der Waals surface area (Å²) in [5, 5.41) is 0.724. The first-order chi connectivity index (χ1) is 9.66. The summed E-state index contributed by atoms with van der Waals surface area (Å²) < 4.78 is 28.5. The first-order valence-electron chi connectivity index (χ1n) is 7.39. The third-order valence-corrected chi connectivity index (χ3v) is 7.19. The van der Waals surface area contributed by atoms with E-state index in [4.69, 9.17) is 5.73 Å². The van der Waals surface area contributed by atoms with Crippen molar-refractivity contribution < 1.29 is 8.42 Å². The maximum Gasteiger partial charge on any atom is 0.184 e. The van der Waals surface area contributed by atoms with Gasteiger partial charge in [0.1, 0.15) is 9.90 Å². The van der Waals surface area contributed by atoms with Crippen molar-refractivity contribution in [3.63, 3.8) is 0 Å². The number of anilines is 2. The molecule has 2 rings (SSSR count). The Bertz CT molecular complexity index is 594. The van der Waals surface area contributed by atoms with E-state index in [1.54, 1.807) is 6.92 Å². The van der Waals surface area contributed by atoms with E-state index in [-0.39, 0.29) is 16.5 Å². The normalized spacial score (nSPS) is 18.2. The Hall–Kier alpha value is -0.820. The molecule has 0 aromatic carbocycles. The van der Waals surface area contributed by atoms with E-state index < -0.39 is 9.84 Å². The summed E-state index contributed by atoms with van der Waals surface area (Å²) in [6.45, 7) is 10.2. The van der Waals surface area contributed by atoms with Gasteiger partial charge in [0.25, 0.3) is 0 Å². The first-order valence-corrected chi connectivity index (χ1v) is 9.82. The molecule has 0 saturated carbocycles. The summed E-state index contributed by atoms with van der Waals surface area (Å²) in [7, 11) is -3.33. The molecule has 0 atom stereocenters. The molecule has 0 amide bonds. The van der Waals surface area contributed by atoms with Crippen LogP contribution in [0.2, 0.25) is 0 Å². The second kappa shape index (κ2) is 5.76. The van der Waals surface area contributed by atoms with Crippen LogP contribution in [0.3, 0.4) is 0 Å². The zero-order valence-corrected chi connectivity index (χ0v) is 14.9. The standard InChI is InChI=1S/C14H25N3O2S2/c1-5-21(18,19)11-12(15)16-20-13(11)17-8-6-10(7-9-17)14(2,3)4/h10H,5-9H2,1-4H3,(H2,15,16). The Morgan fingerprint density at radius 1 is 1.33 bits per heavy atom. The summed E-state index contributed by atoms with van der Waals surface area (Å²) in [5.41, 5.74) is 6.10. The molecule has 2 heterocycles. The summed E-state index contributed by atoms with van der Waals surface area (Å²) in [4.78, 5) is 2.38. The summed E-state index contributed by atoms with van der Waals surface area (Å²) in [6.07, 6.45) is 2.15. The van der Waals surface area contributed by atoms with Gasteiger partial charge >= 0.3 is 0 Å². The van der Waals surface area contributed by atoms with E-state index in [1.807, 2.05) is 0 Å². The van der Waals surface area contributed by atoms with Gasteiger partial charge in [0.05, 0.1) is 5.75 Å². The van der Waals surface area contributed by atoms with E-state index in [2.05, 4.69) is 30.0 Å². The van der Waals surface area contributed by atoms with Gasteiger partial charge in [0, 0.05) is 13.1 Å². The molecule has 1 fully saturated rings. The van der Waals surface area contributed by atoms with Crippen LogP contribution in [0.25, 0.3) is 0 Å². The quantitative estimate of drug-likeness (QED) is 0.921. The van der Waals surface area contributed by atoms with Crippen molar-refractivity contribution in [2.45, 2.75) is 45.4 Å². The molecule has 1 aromatic heterocycles. The van der Waals surface area contributed by atoms with E-state index in [9.17, 15) is 8.42 Å².